The number of thioether (sulfide) groups is 1. The maximum Gasteiger partial charge on any atom is 0.353 e. The molecule has 2 atom stereocenters. The van der Waals surface area contributed by atoms with Crippen molar-refractivity contribution in [1.82, 2.24) is 10.2 Å². The van der Waals surface area contributed by atoms with Gasteiger partial charge < -0.3 is 15.3 Å². The second kappa shape index (κ2) is 5.70. The molecule has 0 aromatic carbocycles. The molecular weight excluding hydrogens is 280 g/mol. The molecule has 2 amide bonds. The van der Waals surface area contributed by atoms with Crippen molar-refractivity contribution in [2.45, 2.75) is 32.7 Å². The first-order valence-electron chi connectivity index (χ1n) is 6.35. The van der Waals surface area contributed by atoms with Gasteiger partial charge in [0.05, 0.1) is 12.0 Å². The van der Waals surface area contributed by atoms with Gasteiger partial charge in [0.15, 0.2) is 0 Å². The van der Waals surface area contributed by atoms with E-state index >= 15 is 0 Å². The van der Waals surface area contributed by atoms with E-state index in [4.69, 9.17) is 0 Å². The van der Waals surface area contributed by atoms with Gasteiger partial charge in [-0.3, -0.25) is 9.59 Å². The van der Waals surface area contributed by atoms with Gasteiger partial charge >= 0.3 is 5.97 Å². The maximum absolute atomic E-state index is 11.9. The molecule has 0 unspecified atom stereocenters. The van der Waals surface area contributed by atoms with Gasteiger partial charge in [-0.25, -0.2) is 4.79 Å². The van der Waals surface area contributed by atoms with Crippen molar-refractivity contribution in [2.24, 2.45) is 5.92 Å². The lowest BCUT2D eigenvalue weighted by molar-refractivity contribution is -0.155. The Labute approximate surface area is 120 Å². The molecule has 0 bridgehead atoms. The van der Waals surface area contributed by atoms with Crippen molar-refractivity contribution in [2.75, 3.05) is 0 Å². The standard InChI is InChI=1S/C13H16N2O4S/c1-3-8-9-6-10(20-5-4-14-7(2)16)11(13(18)19)15(9)12(8)17/h4-5,8-9H,3,6H2,1-2H3,(H,14,16)(H,18,19)/b5-4-/t8-,9-/m1/s1. The van der Waals surface area contributed by atoms with E-state index in [0.717, 1.165) is 6.42 Å². The minimum absolute atomic E-state index is 0.0183. The van der Waals surface area contributed by atoms with Crippen LogP contribution >= 0.6 is 11.8 Å². The Morgan fingerprint density at radius 1 is 1.55 bits per heavy atom. The molecule has 2 aliphatic rings. The summed E-state index contributed by atoms with van der Waals surface area (Å²) in [6, 6.07) is -0.0183. The van der Waals surface area contributed by atoms with Gasteiger partial charge in [0, 0.05) is 24.4 Å². The van der Waals surface area contributed by atoms with Crippen LogP contribution in [0.4, 0.5) is 0 Å². The van der Waals surface area contributed by atoms with Crippen LogP contribution in [0.3, 0.4) is 0 Å². The van der Waals surface area contributed by atoms with Gasteiger partial charge in [-0.15, -0.1) is 0 Å². The topological polar surface area (TPSA) is 86.7 Å². The van der Waals surface area contributed by atoms with Gasteiger partial charge in [-0.2, -0.15) is 0 Å². The molecule has 20 heavy (non-hydrogen) atoms. The number of hydrogen-bond acceptors (Lipinski definition) is 4. The number of aliphatic carboxylic acids is 1. The fourth-order valence-corrected chi connectivity index (χ4v) is 3.44. The highest BCUT2D eigenvalue weighted by molar-refractivity contribution is 8.05. The molecule has 2 aliphatic heterocycles. The number of hydrogen-bond donors (Lipinski definition) is 2. The molecule has 0 aliphatic carbocycles. The fourth-order valence-electron chi connectivity index (χ4n) is 2.58. The van der Waals surface area contributed by atoms with Gasteiger partial charge in [0.2, 0.25) is 11.8 Å². The number of carbonyl (C=O) groups is 3. The molecule has 1 fully saturated rings. The Hall–Kier alpha value is -1.76. The van der Waals surface area contributed by atoms with Crippen molar-refractivity contribution >= 4 is 29.5 Å². The molecule has 0 spiro atoms. The molecule has 0 radical (unpaired) electrons. The number of rotatable bonds is 5. The summed E-state index contributed by atoms with van der Waals surface area (Å²) in [4.78, 5) is 36.0. The van der Waals surface area contributed by atoms with Gasteiger partial charge in [0.25, 0.3) is 0 Å². The minimum atomic E-state index is -1.08. The number of nitrogens with one attached hydrogen (secondary N) is 1. The van der Waals surface area contributed by atoms with Crippen molar-refractivity contribution in [3.05, 3.63) is 22.2 Å². The third-order valence-corrected chi connectivity index (χ3v) is 4.37. The highest BCUT2D eigenvalue weighted by Gasteiger charge is 2.54. The molecule has 7 heteroatoms. The summed E-state index contributed by atoms with van der Waals surface area (Å²) in [5, 5.41) is 13.4. The molecule has 0 aromatic heterocycles. The number of nitrogens with zero attached hydrogens (tertiary/aromatic N) is 1. The highest BCUT2D eigenvalue weighted by Crippen LogP contribution is 2.47. The van der Waals surface area contributed by atoms with Gasteiger partial charge in [-0.1, -0.05) is 18.7 Å². The first kappa shape index (κ1) is 14.6. The molecular formula is C13H16N2O4S. The van der Waals surface area contributed by atoms with Crippen LogP contribution in [0, 0.1) is 5.92 Å². The van der Waals surface area contributed by atoms with Crippen LogP contribution in [0.2, 0.25) is 0 Å². The third-order valence-electron chi connectivity index (χ3n) is 3.46. The van der Waals surface area contributed by atoms with E-state index in [-0.39, 0.29) is 29.5 Å². The summed E-state index contributed by atoms with van der Waals surface area (Å²) in [6.45, 7) is 3.32. The molecule has 2 rings (SSSR count). The van der Waals surface area contributed by atoms with E-state index in [1.807, 2.05) is 6.92 Å². The lowest BCUT2D eigenvalue weighted by Crippen LogP contribution is -2.58. The first-order chi connectivity index (χ1) is 9.47. The lowest BCUT2D eigenvalue weighted by atomic mass is 9.85. The monoisotopic (exact) mass is 296 g/mol. The van der Waals surface area contributed by atoms with E-state index in [1.54, 1.807) is 5.41 Å². The zero-order valence-corrected chi connectivity index (χ0v) is 12.1. The van der Waals surface area contributed by atoms with Gasteiger partial charge in [0.1, 0.15) is 5.70 Å². The average molecular weight is 296 g/mol. The lowest BCUT2D eigenvalue weighted by Gasteiger charge is -2.42. The predicted octanol–water partition coefficient (Wildman–Crippen LogP) is 1.26. The Morgan fingerprint density at radius 3 is 2.80 bits per heavy atom. The van der Waals surface area contributed by atoms with Crippen LogP contribution in [-0.2, 0) is 14.4 Å². The summed E-state index contributed by atoms with van der Waals surface area (Å²) >= 11 is 1.23. The summed E-state index contributed by atoms with van der Waals surface area (Å²) < 4.78 is 0. The Balaban J connectivity index is 2.11. The van der Waals surface area contributed by atoms with Crippen molar-refractivity contribution in [3.8, 4) is 0 Å². The minimum Gasteiger partial charge on any atom is -0.477 e. The first-order valence-corrected chi connectivity index (χ1v) is 7.23. The van der Waals surface area contributed by atoms with Crippen molar-refractivity contribution in [3.63, 3.8) is 0 Å². The zero-order valence-electron chi connectivity index (χ0n) is 11.3. The van der Waals surface area contributed by atoms with Crippen LogP contribution in [0.1, 0.15) is 26.7 Å². The molecule has 6 nitrogen and oxygen atoms in total. The SMILES string of the molecule is CC[C@H]1C(=O)N2C(C(=O)O)=C(S/C=C\NC(C)=O)C[C@H]12. The number of carbonyl (C=O) groups excluding carboxylic acids is 2. The zero-order chi connectivity index (χ0) is 14.9. The van der Waals surface area contributed by atoms with E-state index in [9.17, 15) is 19.5 Å². The van der Waals surface area contributed by atoms with Gasteiger partial charge in [-0.05, 0) is 11.8 Å². The molecule has 0 saturated carbocycles. The number of fused-ring (bicyclic) bond motifs is 1. The fraction of sp³-hybridized carbons (Fsp3) is 0.462. The van der Waals surface area contributed by atoms with E-state index in [0.29, 0.717) is 11.3 Å². The Bertz CT molecular complexity index is 526. The molecule has 2 N–H and O–H groups in total. The number of amides is 2. The molecule has 1 saturated heterocycles. The maximum atomic E-state index is 11.9. The largest absolute Gasteiger partial charge is 0.477 e. The quantitative estimate of drug-likeness (QED) is 0.746. The third kappa shape index (κ3) is 2.45. The normalized spacial score (nSPS) is 24.9. The van der Waals surface area contributed by atoms with Crippen LogP contribution in [0.5, 0.6) is 0 Å². The van der Waals surface area contributed by atoms with Crippen LogP contribution in [0.15, 0.2) is 22.2 Å². The second-order valence-electron chi connectivity index (χ2n) is 4.69. The number of carboxylic acids is 1. The van der Waals surface area contributed by atoms with E-state index in [1.165, 1.54) is 29.8 Å². The predicted molar refractivity (Wildman–Crippen MR) is 74.2 cm³/mol. The summed E-state index contributed by atoms with van der Waals surface area (Å²) in [7, 11) is 0. The van der Waals surface area contributed by atoms with Crippen LogP contribution in [0.25, 0.3) is 0 Å². The van der Waals surface area contributed by atoms with Crippen LogP contribution in [-0.4, -0.2) is 33.8 Å². The average Bonchev–Trinajstić information content (AvgIpc) is 2.70. The van der Waals surface area contributed by atoms with Crippen molar-refractivity contribution in [1.29, 1.82) is 0 Å². The Kier molecular flexibility index (Phi) is 4.17. The highest BCUT2D eigenvalue weighted by atomic mass is 32.2. The number of β-lactam (4-membered cyclic amide) rings is 1. The molecule has 2 heterocycles. The number of carboxylic acid groups (broad SMARTS) is 1. The Morgan fingerprint density at radius 2 is 2.25 bits per heavy atom. The van der Waals surface area contributed by atoms with Crippen molar-refractivity contribution < 1.29 is 19.5 Å². The van der Waals surface area contributed by atoms with E-state index in [2.05, 4.69) is 5.32 Å². The van der Waals surface area contributed by atoms with Crippen LogP contribution < -0.4 is 5.32 Å². The molecule has 108 valence electrons. The summed E-state index contributed by atoms with van der Waals surface area (Å²) in [5.74, 6) is -1.44. The molecule has 0 aromatic rings. The smallest absolute Gasteiger partial charge is 0.353 e. The van der Waals surface area contributed by atoms with E-state index < -0.39 is 5.97 Å². The summed E-state index contributed by atoms with van der Waals surface area (Å²) in [5.41, 5.74) is 0.0853. The summed E-state index contributed by atoms with van der Waals surface area (Å²) in [6.07, 6.45) is 2.77. The second-order valence-corrected chi connectivity index (χ2v) is 5.69.